The van der Waals surface area contributed by atoms with Crippen LogP contribution < -0.4 is 15.5 Å². The van der Waals surface area contributed by atoms with Gasteiger partial charge in [0.2, 0.25) is 0 Å². The molecule has 0 saturated carbocycles. The third-order valence-electron chi connectivity index (χ3n) is 2.50. The fourth-order valence-electron chi connectivity index (χ4n) is 1.50. The number of rotatable bonds is 4. The minimum Gasteiger partial charge on any atom is -0.429 e. The molecule has 0 unspecified atom stereocenters. The molecule has 0 fully saturated rings. The number of nitrogens with one attached hydrogen (secondary N) is 2. The summed E-state index contributed by atoms with van der Waals surface area (Å²) in [7, 11) is 0. The molecular weight excluding hydrogens is 291 g/mol. The zero-order chi connectivity index (χ0) is 15.8. The quantitative estimate of drug-likeness (QED) is 0.460. The van der Waals surface area contributed by atoms with Crippen molar-refractivity contribution in [2.45, 2.75) is 6.42 Å². The van der Waals surface area contributed by atoms with Crippen molar-refractivity contribution in [3.8, 4) is 23.5 Å². The van der Waals surface area contributed by atoms with Gasteiger partial charge in [-0.1, -0.05) is 11.8 Å². The minimum atomic E-state index is -0.720. The van der Waals surface area contributed by atoms with Gasteiger partial charge >= 0.3 is 6.03 Å². The number of halogens is 1. The molecule has 0 bridgehead atoms. The van der Waals surface area contributed by atoms with Crippen molar-refractivity contribution < 1.29 is 23.5 Å². The molecular formula is C15H13FN2O4. The minimum absolute atomic E-state index is 0.103. The lowest BCUT2D eigenvalue weighted by Gasteiger charge is -2.00. The monoisotopic (exact) mass is 304 g/mol. The highest BCUT2D eigenvalue weighted by molar-refractivity contribution is 5.72. The highest BCUT2D eigenvalue weighted by Crippen LogP contribution is 2.23. The van der Waals surface area contributed by atoms with Crippen LogP contribution in [-0.4, -0.2) is 17.8 Å². The molecule has 2 rings (SSSR count). The largest absolute Gasteiger partial charge is 0.429 e. The van der Waals surface area contributed by atoms with Gasteiger partial charge in [0.1, 0.15) is 17.3 Å². The van der Waals surface area contributed by atoms with Crippen LogP contribution in [0.3, 0.4) is 0 Å². The van der Waals surface area contributed by atoms with E-state index in [1.54, 1.807) is 12.1 Å². The van der Waals surface area contributed by atoms with Crippen LogP contribution in [0, 0.1) is 17.7 Å². The van der Waals surface area contributed by atoms with Gasteiger partial charge in [-0.15, -0.1) is 0 Å². The smallest absolute Gasteiger partial charge is 0.339 e. The molecule has 0 saturated heterocycles. The third kappa shape index (κ3) is 4.85. The molecule has 1 aromatic heterocycles. The molecule has 7 heteroatoms. The lowest BCUT2D eigenvalue weighted by Crippen LogP contribution is -2.33. The van der Waals surface area contributed by atoms with Crippen LogP contribution in [0.25, 0.3) is 0 Å². The van der Waals surface area contributed by atoms with Crippen LogP contribution in [0.1, 0.15) is 5.76 Å². The molecule has 22 heavy (non-hydrogen) atoms. The van der Waals surface area contributed by atoms with Crippen molar-refractivity contribution in [1.82, 2.24) is 10.8 Å². The third-order valence-corrected chi connectivity index (χ3v) is 2.50. The van der Waals surface area contributed by atoms with E-state index in [2.05, 4.69) is 17.2 Å². The van der Waals surface area contributed by atoms with Crippen LogP contribution in [-0.2, 0) is 6.42 Å². The average molecular weight is 304 g/mol. The van der Waals surface area contributed by atoms with E-state index in [1.807, 2.05) is 0 Å². The molecule has 0 spiro atoms. The molecule has 0 atom stereocenters. The zero-order valence-electron chi connectivity index (χ0n) is 11.4. The van der Waals surface area contributed by atoms with Crippen LogP contribution in [0.2, 0.25) is 0 Å². The number of carbonyl (C=O) groups excluding carboxylic acids is 1. The number of urea groups is 1. The maximum absolute atomic E-state index is 12.8. The Hall–Kier alpha value is -2.98. The van der Waals surface area contributed by atoms with Gasteiger partial charge in [0.15, 0.2) is 0 Å². The Balaban J connectivity index is 1.82. The molecule has 1 aromatic carbocycles. The second kappa shape index (κ2) is 7.71. The normalized spacial score (nSPS) is 9.55. The van der Waals surface area contributed by atoms with E-state index in [4.69, 9.17) is 14.4 Å². The Kier molecular flexibility index (Phi) is 5.40. The van der Waals surface area contributed by atoms with E-state index in [-0.39, 0.29) is 18.3 Å². The molecule has 6 nitrogen and oxygen atoms in total. The second-order valence-corrected chi connectivity index (χ2v) is 4.10. The van der Waals surface area contributed by atoms with Crippen LogP contribution in [0.5, 0.6) is 11.7 Å². The summed E-state index contributed by atoms with van der Waals surface area (Å²) in [5.41, 5.74) is 1.43. The molecule has 1 heterocycles. The van der Waals surface area contributed by atoms with Crippen molar-refractivity contribution in [1.29, 1.82) is 0 Å². The van der Waals surface area contributed by atoms with E-state index >= 15 is 0 Å². The summed E-state index contributed by atoms with van der Waals surface area (Å²) < 4.78 is 23.6. The zero-order valence-corrected chi connectivity index (χ0v) is 11.4. The lowest BCUT2D eigenvalue weighted by atomic mass is 10.3. The first kappa shape index (κ1) is 15.4. The number of hydrogen-bond donors (Lipinski definition) is 3. The Morgan fingerprint density at radius 2 is 2.00 bits per heavy atom. The first-order valence-electron chi connectivity index (χ1n) is 6.33. The fraction of sp³-hybridized carbons (Fsp3) is 0.133. The van der Waals surface area contributed by atoms with Gasteiger partial charge in [-0.05, 0) is 30.3 Å². The summed E-state index contributed by atoms with van der Waals surface area (Å²) in [5, 5.41) is 10.5. The van der Waals surface area contributed by atoms with E-state index in [9.17, 15) is 9.18 Å². The molecule has 114 valence electrons. The standard InChI is InChI=1S/C15H13FN2O4/c16-11-4-6-13(7-5-11)22-14-9-8-12(21-14)3-1-2-10-17-15(19)18-20/h4-9,20H,3,10H2,(H2,17,18,19). The summed E-state index contributed by atoms with van der Waals surface area (Å²) in [4.78, 5) is 10.6. The highest BCUT2D eigenvalue weighted by atomic mass is 19.1. The molecule has 0 radical (unpaired) electrons. The summed E-state index contributed by atoms with van der Waals surface area (Å²) in [6, 6.07) is 8.20. The van der Waals surface area contributed by atoms with Crippen molar-refractivity contribution in [2.75, 3.05) is 6.54 Å². The first-order valence-corrected chi connectivity index (χ1v) is 6.33. The predicted molar refractivity (Wildman–Crippen MR) is 75.0 cm³/mol. The maximum Gasteiger partial charge on any atom is 0.339 e. The highest BCUT2D eigenvalue weighted by Gasteiger charge is 2.03. The lowest BCUT2D eigenvalue weighted by molar-refractivity contribution is 0.162. The summed E-state index contributed by atoms with van der Waals surface area (Å²) >= 11 is 0. The fourth-order valence-corrected chi connectivity index (χ4v) is 1.50. The Morgan fingerprint density at radius 3 is 2.73 bits per heavy atom. The molecule has 2 amide bonds. The maximum atomic E-state index is 12.8. The number of hydroxylamine groups is 1. The second-order valence-electron chi connectivity index (χ2n) is 4.10. The number of benzene rings is 1. The summed E-state index contributed by atoms with van der Waals surface area (Å²) in [6.45, 7) is 0.103. The van der Waals surface area contributed by atoms with Gasteiger partial charge in [0, 0.05) is 6.07 Å². The van der Waals surface area contributed by atoms with E-state index in [0.717, 1.165) is 0 Å². The number of ether oxygens (including phenoxy) is 1. The number of amides is 2. The predicted octanol–water partition coefficient (Wildman–Crippen LogP) is 2.45. The first-order chi connectivity index (χ1) is 10.7. The molecule has 0 aliphatic carbocycles. The van der Waals surface area contributed by atoms with Crippen molar-refractivity contribution in [3.05, 3.63) is 48.0 Å². The average Bonchev–Trinajstić information content (AvgIpc) is 2.96. The summed E-state index contributed by atoms with van der Waals surface area (Å²) in [5.74, 6) is 6.48. The van der Waals surface area contributed by atoms with E-state index in [1.165, 1.54) is 29.7 Å². The van der Waals surface area contributed by atoms with Crippen LogP contribution in [0.15, 0.2) is 40.8 Å². The van der Waals surface area contributed by atoms with Crippen molar-refractivity contribution in [3.63, 3.8) is 0 Å². The van der Waals surface area contributed by atoms with Gasteiger partial charge in [0.25, 0.3) is 5.95 Å². The van der Waals surface area contributed by atoms with E-state index in [0.29, 0.717) is 17.9 Å². The Labute approximate surface area is 125 Å². The summed E-state index contributed by atoms with van der Waals surface area (Å²) in [6.07, 6.45) is 0.342. The van der Waals surface area contributed by atoms with Gasteiger partial charge in [-0.25, -0.2) is 14.7 Å². The molecule has 2 aromatic rings. The van der Waals surface area contributed by atoms with Crippen LogP contribution >= 0.6 is 0 Å². The SMILES string of the molecule is O=C(NO)NCC#CCc1ccc(Oc2ccc(F)cc2)o1. The Morgan fingerprint density at radius 1 is 1.23 bits per heavy atom. The van der Waals surface area contributed by atoms with E-state index < -0.39 is 6.03 Å². The van der Waals surface area contributed by atoms with Crippen molar-refractivity contribution >= 4 is 6.03 Å². The van der Waals surface area contributed by atoms with Gasteiger partial charge in [-0.2, -0.15) is 0 Å². The molecule has 0 aliphatic heterocycles. The number of carbonyl (C=O) groups is 1. The topological polar surface area (TPSA) is 83.7 Å². The Bertz CT molecular complexity index is 686. The van der Waals surface area contributed by atoms with Crippen molar-refractivity contribution in [2.24, 2.45) is 0 Å². The van der Waals surface area contributed by atoms with Crippen LogP contribution in [0.4, 0.5) is 9.18 Å². The number of hydrogen-bond acceptors (Lipinski definition) is 4. The molecule has 0 aliphatic rings. The van der Waals surface area contributed by atoms with Gasteiger partial charge in [0.05, 0.1) is 13.0 Å². The molecule has 3 N–H and O–H groups in total. The number of furan rings is 1. The van der Waals surface area contributed by atoms with Gasteiger partial charge < -0.3 is 14.5 Å². The van der Waals surface area contributed by atoms with Gasteiger partial charge in [-0.3, -0.25) is 5.21 Å².